The van der Waals surface area contributed by atoms with Gasteiger partial charge in [0.15, 0.2) is 11.6 Å². The molecule has 0 amide bonds. The number of hydrogen-bond donors (Lipinski definition) is 2. The summed E-state index contributed by atoms with van der Waals surface area (Å²) in [5.74, 6) is -1.84. The first kappa shape index (κ1) is 17.2. The van der Waals surface area contributed by atoms with Gasteiger partial charge >= 0.3 is 5.97 Å². The maximum Gasteiger partial charge on any atom is 0.341 e. The number of nitrogens with zero attached hydrogens (tertiary/aromatic N) is 3. The fraction of sp³-hybridized carbons (Fsp3) is 0.471. The molecule has 0 aromatic carbocycles. The summed E-state index contributed by atoms with van der Waals surface area (Å²) in [5, 5.41) is 9.06. The highest BCUT2D eigenvalue weighted by molar-refractivity contribution is 6.21. The summed E-state index contributed by atoms with van der Waals surface area (Å²) in [6.45, 7) is 1.30. The van der Waals surface area contributed by atoms with E-state index in [2.05, 4.69) is 4.98 Å². The molecule has 2 fully saturated rings. The second kappa shape index (κ2) is 6.21. The van der Waals surface area contributed by atoms with Gasteiger partial charge in [0.05, 0.1) is 10.8 Å². The van der Waals surface area contributed by atoms with E-state index < -0.39 is 17.2 Å². The lowest BCUT2D eigenvalue weighted by Gasteiger charge is -2.19. The largest absolute Gasteiger partial charge is 0.477 e. The van der Waals surface area contributed by atoms with Crippen LogP contribution in [0.1, 0.15) is 29.2 Å². The molecule has 3 N–H and O–H groups in total. The molecule has 0 radical (unpaired) electrons. The molecule has 4 rings (SSSR count). The molecule has 9 heteroatoms. The van der Waals surface area contributed by atoms with Gasteiger partial charge in [0.1, 0.15) is 11.2 Å². The lowest BCUT2D eigenvalue weighted by Crippen LogP contribution is -2.26. The van der Waals surface area contributed by atoms with Crippen molar-refractivity contribution in [3.8, 4) is 0 Å². The first-order chi connectivity index (χ1) is 12.4. The molecule has 1 saturated heterocycles. The van der Waals surface area contributed by atoms with E-state index in [9.17, 15) is 19.1 Å². The summed E-state index contributed by atoms with van der Waals surface area (Å²) in [6.07, 6.45) is 3.05. The van der Waals surface area contributed by atoms with Gasteiger partial charge in [-0.2, -0.15) is 0 Å². The van der Waals surface area contributed by atoms with Gasteiger partial charge in [0.25, 0.3) is 0 Å². The van der Waals surface area contributed by atoms with Crippen LogP contribution in [0.3, 0.4) is 0 Å². The Bertz CT molecular complexity index is 959. The van der Waals surface area contributed by atoms with E-state index in [1.54, 1.807) is 9.47 Å². The zero-order valence-electron chi connectivity index (χ0n) is 13.9. The number of fused-ring (bicyclic) bond motifs is 1. The number of carbonyl (C=O) groups is 1. The van der Waals surface area contributed by atoms with Gasteiger partial charge in [-0.05, 0) is 25.5 Å². The highest BCUT2D eigenvalue weighted by atomic mass is 35.5. The maximum absolute atomic E-state index is 14.7. The zero-order chi connectivity index (χ0) is 18.6. The third-order valence-corrected chi connectivity index (χ3v) is 5.57. The molecule has 26 heavy (non-hydrogen) atoms. The molecule has 0 bridgehead atoms. The molecule has 7 nitrogen and oxygen atoms in total. The molecule has 1 aliphatic heterocycles. The fourth-order valence-corrected chi connectivity index (χ4v) is 3.82. The molecule has 2 aromatic rings. The lowest BCUT2D eigenvalue weighted by molar-refractivity contribution is 0.0695. The number of pyridine rings is 2. The van der Waals surface area contributed by atoms with Crippen molar-refractivity contribution in [2.75, 3.05) is 24.5 Å². The SMILES string of the molecule is NC[C@H]1CN(c2nc3c(cc2F)c(=O)c(C(=O)O)cn3C2CC2)C[C@@H]1Cl. The molecule has 138 valence electrons. The third-order valence-electron chi connectivity index (χ3n) is 5.07. The minimum absolute atomic E-state index is 0.0185. The normalized spacial score (nSPS) is 23.0. The van der Waals surface area contributed by atoms with Gasteiger partial charge in [-0.3, -0.25) is 4.79 Å². The second-order valence-electron chi connectivity index (χ2n) is 6.90. The molecular weight excluding hydrogens is 363 g/mol. The van der Waals surface area contributed by atoms with Crippen molar-refractivity contribution in [1.82, 2.24) is 9.55 Å². The Morgan fingerprint density at radius 2 is 2.15 bits per heavy atom. The van der Waals surface area contributed by atoms with Crippen LogP contribution >= 0.6 is 11.6 Å². The van der Waals surface area contributed by atoms with Crippen molar-refractivity contribution in [2.45, 2.75) is 24.3 Å². The number of alkyl halides is 1. The summed E-state index contributed by atoms with van der Waals surface area (Å²) < 4.78 is 16.4. The zero-order valence-corrected chi connectivity index (χ0v) is 14.6. The van der Waals surface area contributed by atoms with E-state index in [0.717, 1.165) is 18.9 Å². The third kappa shape index (κ3) is 2.73. The van der Waals surface area contributed by atoms with E-state index in [1.807, 2.05) is 0 Å². The fourth-order valence-electron chi connectivity index (χ4n) is 3.47. The number of nitrogens with two attached hydrogens (primary N) is 1. The van der Waals surface area contributed by atoms with Gasteiger partial charge < -0.3 is 20.3 Å². The van der Waals surface area contributed by atoms with E-state index in [-0.39, 0.29) is 34.1 Å². The molecule has 0 spiro atoms. The lowest BCUT2D eigenvalue weighted by atomic mass is 10.1. The Hall–Kier alpha value is -2.19. The number of aromatic carboxylic acids is 1. The number of aromatic nitrogens is 2. The number of carboxylic acid groups (broad SMARTS) is 1. The van der Waals surface area contributed by atoms with Crippen LogP contribution in [0.15, 0.2) is 17.1 Å². The Morgan fingerprint density at radius 3 is 2.73 bits per heavy atom. The van der Waals surface area contributed by atoms with Gasteiger partial charge in [-0.15, -0.1) is 11.6 Å². The predicted octanol–water partition coefficient (Wildman–Crippen LogP) is 1.57. The minimum Gasteiger partial charge on any atom is -0.477 e. The molecule has 2 atom stereocenters. The number of rotatable bonds is 4. The maximum atomic E-state index is 14.7. The minimum atomic E-state index is -1.33. The quantitative estimate of drug-likeness (QED) is 0.781. The van der Waals surface area contributed by atoms with Crippen molar-refractivity contribution in [1.29, 1.82) is 0 Å². The molecule has 2 aromatic heterocycles. The summed E-state index contributed by atoms with van der Waals surface area (Å²) in [6, 6.07) is 1.17. The van der Waals surface area contributed by atoms with Crippen LogP contribution in [0.25, 0.3) is 11.0 Å². The number of carboxylic acids is 1. The first-order valence-electron chi connectivity index (χ1n) is 8.48. The highest BCUT2D eigenvalue weighted by Gasteiger charge is 2.34. The summed E-state index contributed by atoms with van der Waals surface area (Å²) in [5.41, 5.74) is 4.92. The van der Waals surface area contributed by atoms with Crippen molar-refractivity contribution in [3.63, 3.8) is 0 Å². The topological polar surface area (TPSA) is 101 Å². The number of hydrogen-bond acceptors (Lipinski definition) is 5. The van der Waals surface area contributed by atoms with Crippen molar-refractivity contribution in [3.05, 3.63) is 33.9 Å². The van der Waals surface area contributed by atoms with E-state index >= 15 is 0 Å². The first-order valence-corrected chi connectivity index (χ1v) is 8.92. The molecule has 0 unspecified atom stereocenters. The monoisotopic (exact) mass is 380 g/mol. The second-order valence-corrected chi connectivity index (χ2v) is 7.46. The summed E-state index contributed by atoms with van der Waals surface area (Å²) >= 11 is 6.27. The van der Waals surface area contributed by atoms with Crippen LogP contribution in [0.2, 0.25) is 0 Å². The molecule has 1 aliphatic carbocycles. The van der Waals surface area contributed by atoms with Gasteiger partial charge in [-0.25, -0.2) is 14.2 Å². The Balaban J connectivity index is 1.89. The summed E-state index contributed by atoms with van der Waals surface area (Å²) in [4.78, 5) is 29.9. The van der Waals surface area contributed by atoms with Crippen molar-refractivity contribution < 1.29 is 14.3 Å². The Morgan fingerprint density at radius 1 is 1.42 bits per heavy atom. The average molecular weight is 381 g/mol. The van der Waals surface area contributed by atoms with E-state index in [1.165, 1.54) is 6.20 Å². The smallest absolute Gasteiger partial charge is 0.341 e. The van der Waals surface area contributed by atoms with E-state index in [4.69, 9.17) is 17.3 Å². The van der Waals surface area contributed by atoms with Crippen LogP contribution in [-0.4, -0.2) is 45.6 Å². The predicted molar refractivity (Wildman–Crippen MR) is 95.6 cm³/mol. The highest BCUT2D eigenvalue weighted by Crippen LogP contribution is 2.37. The standard InChI is InChI=1S/C17H18ClFN4O3/c18-12-7-22(5-8(12)4-20)16-13(19)3-10-14(24)11(17(25)26)6-23(9-1-2-9)15(10)21-16/h3,6,8-9,12H,1-2,4-5,7,20H2,(H,25,26)/t8-,12-/m0/s1. The molecule has 1 saturated carbocycles. The van der Waals surface area contributed by atoms with Crippen molar-refractivity contribution in [2.24, 2.45) is 11.7 Å². The van der Waals surface area contributed by atoms with Crippen LogP contribution in [-0.2, 0) is 0 Å². The molecular formula is C17H18ClFN4O3. The van der Waals surface area contributed by atoms with E-state index in [0.29, 0.717) is 25.3 Å². The van der Waals surface area contributed by atoms with Gasteiger partial charge in [0, 0.05) is 31.2 Å². The number of anilines is 1. The van der Waals surface area contributed by atoms with Crippen molar-refractivity contribution >= 4 is 34.4 Å². The number of halogens is 2. The Kier molecular flexibility index (Phi) is 4.11. The summed E-state index contributed by atoms with van der Waals surface area (Å²) in [7, 11) is 0. The van der Waals surface area contributed by atoms with Gasteiger partial charge in [0.2, 0.25) is 5.43 Å². The van der Waals surface area contributed by atoms with Crippen LogP contribution in [0.5, 0.6) is 0 Å². The van der Waals surface area contributed by atoms with Crippen LogP contribution in [0.4, 0.5) is 10.2 Å². The molecule has 3 heterocycles. The van der Waals surface area contributed by atoms with Crippen LogP contribution in [0, 0.1) is 11.7 Å². The Labute approximate surface area is 153 Å². The molecule has 2 aliphatic rings. The van der Waals surface area contributed by atoms with Gasteiger partial charge in [-0.1, -0.05) is 0 Å². The average Bonchev–Trinajstić information content (AvgIpc) is 3.37. The van der Waals surface area contributed by atoms with Crippen LogP contribution < -0.4 is 16.1 Å².